The first-order chi connectivity index (χ1) is 28.4. The molecule has 0 unspecified atom stereocenters. The lowest BCUT2D eigenvalue weighted by Crippen LogP contribution is -2.48. The van der Waals surface area contributed by atoms with E-state index < -0.39 is 20.0 Å². The Morgan fingerprint density at radius 3 is 1.44 bits per heavy atom. The fourth-order valence-electron chi connectivity index (χ4n) is 6.82. The van der Waals surface area contributed by atoms with Gasteiger partial charge in [0.05, 0.1) is 28.3 Å². The third kappa shape index (κ3) is 10.8. The SMILES string of the molecule is COc1cccc(Cc2csc(N3CCN(S(=O)(=O)c4ccc(Cl)cc4)CC3)n2)c1.Cc1cccc(Cc2csc(N3CCN(S(=O)(=O)c4ccc(Cl)cc4)CC3)n2)c1. The lowest BCUT2D eigenvalue weighted by atomic mass is 10.1. The minimum Gasteiger partial charge on any atom is -0.497 e. The Morgan fingerprint density at radius 1 is 0.593 bits per heavy atom. The first kappa shape index (κ1) is 43.0. The molecule has 0 N–H and O–H groups in total. The molecule has 2 aliphatic rings. The molecule has 0 amide bonds. The smallest absolute Gasteiger partial charge is 0.243 e. The molecule has 11 nitrogen and oxygen atoms in total. The minimum absolute atomic E-state index is 0.273. The number of hydrogen-bond acceptors (Lipinski definition) is 11. The summed E-state index contributed by atoms with van der Waals surface area (Å²) in [5, 5.41) is 7.08. The zero-order valence-corrected chi connectivity index (χ0v) is 37.4. The van der Waals surface area contributed by atoms with Gasteiger partial charge in [-0.25, -0.2) is 26.8 Å². The quantitative estimate of drug-likeness (QED) is 0.127. The van der Waals surface area contributed by atoms with Crippen LogP contribution in [0.25, 0.3) is 0 Å². The average molecular weight is 912 g/mol. The molecule has 59 heavy (non-hydrogen) atoms. The Bertz CT molecular complexity index is 2550. The van der Waals surface area contributed by atoms with Gasteiger partial charge in [0.1, 0.15) is 5.75 Å². The van der Waals surface area contributed by atoms with Gasteiger partial charge in [-0.3, -0.25) is 0 Å². The number of benzene rings is 4. The number of piperazine rings is 2. The molecule has 0 atom stereocenters. The van der Waals surface area contributed by atoms with Crippen LogP contribution >= 0.6 is 45.9 Å². The molecule has 17 heteroatoms. The minimum atomic E-state index is -3.51. The molecule has 4 heterocycles. The van der Waals surface area contributed by atoms with Crippen LogP contribution in [0.2, 0.25) is 10.0 Å². The summed E-state index contributed by atoms with van der Waals surface area (Å²) in [6, 6.07) is 29.1. The van der Waals surface area contributed by atoms with E-state index in [0.29, 0.717) is 62.4 Å². The lowest BCUT2D eigenvalue weighted by molar-refractivity contribution is 0.384. The second kappa shape index (κ2) is 19.1. The zero-order chi connectivity index (χ0) is 41.6. The van der Waals surface area contributed by atoms with Crippen molar-refractivity contribution in [2.24, 2.45) is 0 Å². The van der Waals surface area contributed by atoms with Crippen molar-refractivity contribution in [3.63, 3.8) is 0 Å². The molecule has 0 spiro atoms. The van der Waals surface area contributed by atoms with E-state index in [1.807, 2.05) is 18.2 Å². The molecule has 2 saturated heterocycles. The Labute approximate surface area is 364 Å². The third-order valence-corrected chi connectivity index (χ3v) is 16.2. The number of aryl methyl sites for hydroxylation is 1. The molecule has 2 aliphatic heterocycles. The highest BCUT2D eigenvalue weighted by Crippen LogP contribution is 2.28. The Balaban J connectivity index is 0.000000179. The van der Waals surface area contributed by atoms with Gasteiger partial charge in [-0.15, -0.1) is 22.7 Å². The maximum atomic E-state index is 12.8. The van der Waals surface area contributed by atoms with Crippen LogP contribution in [0.3, 0.4) is 0 Å². The van der Waals surface area contributed by atoms with Crippen molar-refractivity contribution in [2.45, 2.75) is 29.6 Å². The molecule has 2 aromatic heterocycles. The van der Waals surface area contributed by atoms with Crippen molar-refractivity contribution >= 4 is 76.2 Å². The van der Waals surface area contributed by atoms with Crippen molar-refractivity contribution in [3.05, 3.63) is 146 Å². The molecule has 8 rings (SSSR count). The van der Waals surface area contributed by atoms with Gasteiger partial charge in [0, 0.05) is 86.0 Å². The molecule has 0 saturated carbocycles. The normalized spacial score (nSPS) is 15.5. The molecule has 4 aromatic carbocycles. The van der Waals surface area contributed by atoms with Crippen molar-refractivity contribution in [1.29, 1.82) is 0 Å². The van der Waals surface area contributed by atoms with E-state index >= 15 is 0 Å². The highest BCUT2D eigenvalue weighted by Gasteiger charge is 2.31. The van der Waals surface area contributed by atoms with Gasteiger partial charge in [-0.1, -0.05) is 65.2 Å². The number of aromatic nitrogens is 2. The summed E-state index contributed by atoms with van der Waals surface area (Å²) in [5.41, 5.74) is 5.69. The van der Waals surface area contributed by atoms with Gasteiger partial charge < -0.3 is 14.5 Å². The van der Waals surface area contributed by atoms with E-state index in [1.54, 1.807) is 78.3 Å². The number of halogens is 2. The zero-order valence-electron chi connectivity index (χ0n) is 32.6. The standard InChI is InChI=1S/C21H22ClN3O3S2.C21H22ClN3O2S2/c1-28-19-4-2-3-16(14-19)13-18-15-29-21(23-18)24-9-11-25(12-10-24)30(26,27)20-7-5-17(22)6-8-20;1-16-3-2-4-17(13-16)14-19-15-28-21(23-19)24-9-11-25(12-10-24)29(26,27)20-7-5-18(22)6-8-20/h2-8,14-15H,9-13H2,1H3;2-8,13,15H,9-12,14H2,1H3. The number of methoxy groups -OCH3 is 1. The number of rotatable bonds is 11. The maximum absolute atomic E-state index is 12.8. The third-order valence-electron chi connectivity index (χ3n) is 9.99. The van der Waals surface area contributed by atoms with Gasteiger partial charge >= 0.3 is 0 Å². The van der Waals surface area contributed by atoms with Gasteiger partial charge in [0.15, 0.2) is 10.3 Å². The van der Waals surface area contributed by atoms with E-state index in [9.17, 15) is 16.8 Å². The number of thiazole rings is 2. The van der Waals surface area contributed by atoms with Crippen LogP contribution in [-0.2, 0) is 32.9 Å². The fourth-order valence-corrected chi connectivity index (χ4v) is 11.7. The second-order valence-electron chi connectivity index (χ2n) is 14.1. The molecule has 0 bridgehead atoms. The Hall–Kier alpha value is -4.06. The molecule has 310 valence electrons. The van der Waals surface area contributed by atoms with Crippen LogP contribution in [0.1, 0.15) is 28.1 Å². The molecule has 0 aliphatic carbocycles. The largest absolute Gasteiger partial charge is 0.497 e. The molecular weight excluding hydrogens is 868 g/mol. The average Bonchev–Trinajstić information content (AvgIpc) is 3.92. The second-order valence-corrected chi connectivity index (χ2v) is 20.5. The predicted molar refractivity (Wildman–Crippen MR) is 239 cm³/mol. The van der Waals surface area contributed by atoms with Crippen molar-refractivity contribution in [2.75, 3.05) is 69.3 Å². The summed E-state index contributed by atoms with van der Waals surface area (Å²) in [6.07, 6.45) is 1.54. The van der Waals surface area contributed by atoms with Crippen molar-refractivity contribution in [1.82, 2.24) is 18.6 Å². The van der Waals surface area contributed by atoms with Gasteiger partial charge in [0.2, 0.25) is 20.0 Å². The summed E-state index contributed by atoms with van der Waals surface area (Å²) in [6.45, 7) is 6.31. The number of ether oxygens (including phenoxy) is 1. The lowest BCUT2D eigenvalue weighted by Gasteiger charge is -2.33. The van der Waals surface area contributed by atoms with Crippen LogP contribution in [0.5, 0.6) is 5.75 Å². The van der Waals surface area contributed by atoms with Crippen molar-refractivity contribution in [3.8, 4) is 5.75 Å². The van der Waals surface area contributed by atoms with Gasteiger partial charge in [0.25, 0.3) is 0 Å². The number of nitrogens with zero attached hydrogens (tertiary/aromatic N) is 6. The Morgan fingerprint density at radius 2 is 1.02 bits per heavy atom. The number of anilines is 2. The monoisotopic (exact) mass is 910 g/mol. The highest BCUT2D eigenvalue weighted by molar-refractivity contribution is 7.89. The van der Waals surface area contributed by atoms with Crippen LogP contribution in [0.4, 0.5) is 10.3 Å². The summed E-state index contributed by atoms with van der Waals surface area (Å²) >= 11 is 15.0. The van der Waals surface area contributed by atoms with E-state index in [0.717, 1.165) is 45.8 Å². The fraction of sp³-hybridized carbons (Fsp3) is 0.286. The molecular formula is C42H44Cl2N6O5S4. The topological polar surface area (TPSA) is 116 Å². The molecule has 0 radical (unpaired) electrons. The summed E-state index contributed by atoms with van der Waals surface area (Å²) in [4.78, 5) is 14.4. The summed E-state index contributed by atoms with van der Waals surface area (Å²) < 4.78 is 59.7. The van der Waals surface area contributed by atoms with E-state index in [4.69, 9.17) is 37.9 Å². The van der Waals surface area contributed by atoms with Gasteiger partial charge in [-0.05, 0) is 78.7 Å². The first-order valence-corrected chi connectivity index (χ1v) is 24.4. The molecule has 2 fully saturated rings. The van der Waals surface area contributed by atoms with Crippen LogP contribution in [0.15, 0.2) is 118 Å². The van der Waals surface area contributed by atoms with E-state index in [-0.39, 0.29) is 9.79 Å². The Kier molecular flexibility index (Phi) is 13.9. The van der Waals surface area contributed by atoms with E-state index in [1.165, 1.54) is 19.7 Å². The maximum Gasteiger partial charge on any atom is 0.243 e. The van der Waals surface area contributed by atoms with Crippen LogP contribution in [0, 0.1) is 6.92 Å². The van der Waals surface area contributed by atoms with Crippen LogP contribution < -0.4 is 14.5 Å². The van der Waals surface area contributed by atoms with Crippen LogP contribution in [-0.4, -0.2) is 94.9 Å². The predicted octanol–water partition coefficient (Wildman–Crippen LogP) is 8.11. The highest BCUT2D eigenvalue weighted by atomic mass is 35.5. The summed E-state index contributed by atoms with van der Waals surface area (Å²) in [5.74, 6) is 0.834. The number of sulfonamides is 2. The number of hydrogen-bond donors (Lipinski definition) is 0. The van der Waals surface area contributed by atoms with Crippen molar-refractivity contribution < 1.29 is 21.6 Å². The molecule has 6 aromatic rings. The van der Waals surface area contributed by atoms with E-state index in [2.05, 4.69) is 57.8 Å². The van der Waals surface area contributed by atoms with Gasteiger partial charge in [-0.2, -0.15) is 8.61 Å². The first-order valence-electron chi connectivity index (χ1n) is 19.0. The summed E-state index contributed by atoms with van der Waals surface area (Å²) in [7, 11) is -5.34.